The van der Waals surface area contributed by atoms with Crippen molar-refractivity contribution in [1.82, 2.24) is 0 Å². The van der Waals surface area contributed by atoms with Crippen LogP contribution in [-0.2, 0) is 6.42 Å². The van der Waals surface area contributed by atoms with Crippen molar-refractivity contribution < 1.29 is 10.2 Å². The monoisotopic (exact) mass is 286 g/mol. The molecular weight excluding hydrogens is 260 g/mol. The van der Waals surface area contributed by atoms with Gasteiger partial charge in [0.1, 0.15) is 11.5 Å². The molecule has 0 spiro atoms. The van der Waals surface area contributed by atoms with Crippen LogP contribution in [0.5, 0.6) is 11.5 Å². The standard InChI is InChI=1S/C19H26O2/c1-5-6-14-10-17(19(21)11-18(14)20)16-9-13(4)7-8-15(16)12(2)3/h9-11,15-16,20-21H,2,5-8H2,1,3-4H3/t15-,16+/m0/s1. The molecule has 0 aliphatic heterocycles. The lowest BCUT2D eigenvalue weighted by Crippen LogP contribution is -2.17. The summed E-state index contributed by atoms with van der Waals surface area (Å²) in [5.74, 6) is 0.905. The van der Waals surface area contributed by atoms with E-state index in [2.05, 4.69) is 33.4 Å². The minimum Gasteiger partial charge on any atom is -0.508 e. The molecule has 0 heterocycles. The molecule has 1 aromatic carbocycles. The van der Waals surface area contributed by atoms with E-state index < -0.39 is 0 Å². The Morgan fingerprint density at radius 3 is 2.62 bits per heavy atom. The molecule has 0 saturated carbocycles. The Kier molecular flexibility index (Phi) is 4.76. The molecule has 114 valence electrons. The van der Waals surface area contributed by atoms with Gasteiger partial charge in [-0.15, -0.1) is 0 Å². The van der Waals surface area contributed by atoms with Gasteiger partial charge in [0.15, 0.2) is 0 Å². The van der Waals surface area contributed by atoms with Crippen LogP contribution in [0, 0.1) is 5.92 Å². The summed E-state index contributed by atoms with van der Waals surface area (Å²) < 4.78 is 0. The van der Waals surface area contributed by atoms with E-state index in [1.54, 1.807) is 0 Å². The number of aromatic hydroxyl groups is 2. The second-order valence-electron chi connectivity index (χ2n) is 6.32. The Morgan fingerprint density at radius 1 is 1.29 bits per heavy atom. The first-order chi connectivity index (χ1) is 9.93. The molecule has 2 heteroatoms. The minimum atomic E-state index is 0.160. The van der Waals surface area contributed by atoms with Gasteiger partial charge >= 0.3 is 0 Å². The fourth-order valence-corrected chi connectivity index (χ4v) is 3.31. The van der Waals surface area contributed by atoms with Crippen LogP contribution in [0.25, 0.3) is 0 Å². The van der Waals surface area contributed by atoms with Crippen molar-refractivity contribution in [3.8, 4) is 11.5 Å². The summed E-state index contributed by atoms with van der Waals surface area (Å²) in [6, 6.07) is 3.47. The molecule has 0 radical (unpaired) electrons. The number of rotatable bonds is 4. The smallest absolute Gasteiger partial charge is 0.123 e. The van der Waals surface area contributed by atoms with Crippen LogP contribution in [0.1, 0.15) is 57.1 Å². The highest BCUT2D eigenvalue weighted by Gasteiger charge is 2.28. The van der Waals surface area contributed by atoms with E-state index in [4.69, 9.17) is 0 Å². The van der Waals surface area contributed by atoms with Crippen molar-refractivity contribution in [3.05, 3.63) is 47.1 Å². The van der Waals surface area contributed by atoms with E-state index in [1.165, 1.54) is 11.6 Å². The average molecular weight is 286 g/mol. The number of allylic oxidation sites excluding steroid dienone is 3. The Balaban J connectivity index is 2.49. The molecule has 0 saturated heterocycles. The van der Waals surface area contributed by atoms with Crippen molar-refractivity contribution >= 4 is 0 Å². The van der Waals surface area contributed by atoms with Gasteiger partial charge in [0.2, 0.25) is 0 Å². The highest BCUT2D eigenvalue weighted by Crippen LogP contribution is 2.44. The van der Waals surface area contributed by atoms with Crippen LogP contribution in [0.2, 0.25) is 0 Å². The fourth-order valence-electron chi connectivity index (χ4n) is 3.31. The number of phenolic OH excluding ortho intramolecular Hbond substituents is 2. The van der Waals surface area contributed by atoms with Crippen molar-refractivity contribution in [2.24, 2.45) is 5.92 Å². The summed E-state index contributed by atoms with van der Waals surface area (Å²) in [5, 5.41) is 20.3. The fraction of sp³-hybridized carbons (Fsp3) is 0.474. The molecule has 0 unspecified atom stereocenters. The predicted molar refractivity (Wildman–Crippen MR) is 87.8 cm³/mol. The Bertz CT molecular complexity index is 569. The van der Waals surface area contributed by atoms with E-state index in [0.29, 0.717) is 5.92 Å². The SMILES string of the molecule is C=C(C)[C@@H]1CCC(C)=C[C@H]1c1cc(CCC)c(O)cc1O. The lowest BCUT2D eigenvalue weighted by molar-refractivity contribution is 0.423. The molecule has 0 fully saturated rings. The van der Waals surface area contributed by atoms with Gasteiger partial charge in [-0.05, 0) is 50.7 Å². The second kappa shape index (κ2) is 6.38. The van der Waals surface area contributed by atoms with Crippen LogP contribution >= 0.6 is 0 Å². The van der Waals surface area contributed by atoms with Gasteiger partial charge in [-0.1, -0.05) is 37.1 Å². The molecule has 2 N–H and O–H groups in total. The Hall–Kier alpha value is -1.70. The van der Waals surface area contributed by atoms with Gasteiger partial charge in [-0.25, -0.2) is 0 Å². The first kappa shape index (κ1) is 15.7. The largest absolute Gasteiger partial charge is 0.508 e. The zero-order valence-electron chi connectivity index (χ0n) is 13.3. The molecular formula is C19H26O2. The quantitative estimate of drug-likeness (QED) is 0.759. The third-order valence-corrected chi connectivity index (χ3v) is 4.49. The van der Waals surface area contributed by atoms with Gasteiger partial charge in [-0.2, -0.15) is 0 Å². The molecule has 2 rings (SSSR count). The summed E-state index contributed by atoms with van der Waals surface area (Å²) in [6.07, 6.45) is 6.22. The van der Waals surface area contributed by atoms with Gasteiger partial charge in [0.05, 0.1) is 0 Å². The van der Waals surface area contributed by atoms with E-state index in [-0.39, 0.29) is 17.4 Å². The minimum absolute atomic E-state index is 0.160. The average Bonchev–Trinajstić information content (AvgIpc) is 2.41. The van der Waals surface area contributed by atoms with Crippen molar-refractivity contribution in [1.29, 1.82) is 0 Å². The lowest BCUT2D eigenvalue weighted by atomic mass is 9.74. The van der Waals surface area contributed by atoms with Crippen LogP contribution in [-0.4, -0.2) is 10.2 Å². The summed E-state index contributed by atoms with van der Waals surface area (Å²) >= 11 is 0. The van der Waals surface area contributed by atoms with E-state index in [9.17, 15) is 10.2 Å². The topological polar surface area (TPSA) is 40.5 Å². The second-order valence-corrected chi connectivity index (χ2v) is 6.32. The zero-order chi connectivity index (χ0) is 15.6. The number of aryl methyl sites for hydroxylation is 1. The number of phenols is 2. The van der Waals surface area contributed by atoms with Crippen LogP contribution in [0.15, 0.2) is 35.9 Å². The van der Waals surface area contributed by atoms with E-state index in [0.717, 1.165) is 42.4 Å². The van der Waals surface area contributed by atoms with Gasteiger partial charge in [-0.3, -0.25) is 0 Å². The lowest BCUT2D eigenvalue weighted by Gasteiger charge is -2.31. The number of hydrogen-bond acceptors (Lipinski definition) is 2. The Labute approximate surface area is 127 Å². The maximum absolute atomic E-state index is 10.3. The van der Waals surface area contributed by atoms with Crippen molar-refractivity contribution in [2.75, 3.05) is 0 Å². The summed E-state index contributed by atoms with van der Waals surface area (Å²) in [5.41, 5.74) is 4.36. The molecule has 2 nitrogen and oxygen atoms in total. The highest BCUT2D eigenvalue weighted by molar-refractivity contribution is 5.49. The number of benzene rings is 1. The molecule has 1 aromatic rings. The highest BCUT2D eigenvalue weighted by atomic mass is 16.3. The van der Waals surface area contributed by atoms with Crippen LogP contribution < -0.4 is 0 Å². The summed E-state index contributed by atoms with van der Waals surface area (Å²) in [6.45, 7) is 10.4. The third kappa shape index (κ3) is 3.31. The van der Waals surface area contributed by atoms with Crippen molar-refractivity contribution in [2.45, 2.75) is 52.4 Å². The maximum Gasteiger partial charge on any atom is 0.123 e. The molecule has 21 heavy (non-hydrogen) atoms. The molecule has 0 amide bonds. The molecule has 0 aromatic heterocycles. The first-order valence-electron chi connectivity index (χ1n) is 7.81. The normalized spacial score (nSPS) is 22.0. The first-order valence-corrected chi connectivity index (χ1v) is 7.81. The van der Waals surface area contributed by atoms with Gasteiger partial charge < -0.3 is 10.2 Å². The van der Waals surface area contributed by atoms with Gasteiger partial charge in [0.25, 0.3) is 0 Å². The molecule has 2 atom stereocenters. The predicted octanol–water partition coefficient (Wildman–Crippen LogP) is 5.07. The van der Waals surface area contributed by atoms with Crippen LogP contribution in [0.3, 0.4) is 0 Å². The van der Waals surface area contributed by atoms with E-state index >= 15 is 0 Å². The van der Waals surface area contributed by atoms with Crippen molar-refractivity contribution in [3.63, 3.8) is 0 Å². The molecule has 1 aliphatic carbocycles. The zero-order valence-corrected chi connectivity index (χ0v) is 13.3. The Morgan fingerprint density at radius 2 is 2.00 bits per heavy atom. The van der Waals surface area contributed by atoms with Gasteiger partial charge in [0, 0.05) is 17.5 Å². The number of hydrogen-bond donors (Lipinski definition) is 2. The summed E-state index contributed by atoms with van der Waals surface area (Å²) in [7, 11) is 0. The van der Waals surface area contributed by atoms with Crippen LogP contribution in [0.4, 0.5) is 0 Å². The maximum atomic E-state index is 10.3. The molecule has 1 aliphatic rings. The summed E-state index contributed by atoms with van der Waals surface area (Å²) in [4.78, 5) is 0. The molecule has 0 bridgehead atoms. The van der Waals surface area contributed by atoms with E-state index in [1.807, 2.05) is 6.07 Å². The third-order valence-electron chi connectivity index (χ3n) is 4.49.